The molecule has 1 heterocycles. The molecule has 0 atom stereocenters. The van der Waals surface area contributed by atoms with Gasteiger partial charge in [-0.05, 0) is 17.2 Å². The number of hydrogen-bond acceptors (Lipinski definition) is 4. The number of ether oxygens (including phenoxy) is 2. The van der Waals surface area contributed by atoms with Crippen molar-refractivity contribution in [3.63, 3.8) is 0 Å². The molecule has 0 bridgehead atoms. The van der Waals surface area contributed by atoms with E-state index in [-0.39, 0.29) is 5.12 Å². The molecule has 0 unspecified atom stereocenters. The molecule has 0 saturated carbocycles. The highest BCUT2D eigenvalue weighted by Crippen LogP contribution is 2.41. The monoisotopic (exact) mass is 362 g/mol. The van der Waals surface area contributed by atoms with Crippen molar-refractivity contribution >= 4 is 16.9 Å². The summed E-state index contributed by atoms with van der Waals surface area (Å²) in [5, 5.41) is 0.143. The number of fused-ring (bicyclic) bond motifs is 1. The van der Waals surface area contributed by atoms with E-state index in [4.69, 9.17) is 9.47 Å². The van der Waals surface area contributed by atoms with E-state index in [9.17, 15) is 4.79 Å². The second-order valence-corrected chi connectivity index (χ2v) is 7.20. The predicted molar refractivity (Wildman–Crippen MR) is 103 cm³/mol. The minimum Gasteiger partial charge on any atom is -0.489 e. The van der Waals surface area contributed by atoms with Gasteiger partial charge in [-0.25, -0.2) is 0 Å². The number of carbonyl (C=O) groups excluding carboxylic acids is 1. The van der Waals surface area contributed by atoms with E-state index in [1.165, 1.54) is 11.8 Å². The third kappa shape index (κ3) is 3.92. The Morgan fingerprint density at radius 1 is 0.808 bits per heavy atom. The van der Waals surface area contributed by atoms with Crippen LogP contribution in [-0.2, 0) is 24.4 Å². The number of thioether (sulfide) groups is 1. The van der Waals surface area contributed by atoms with Gasteiger partial charge >= 0.3 is 0 Å². The van der Waals surface area contributed by atoms with Crippen molar-refractivity contribution in [2.24, 2.45) is 0 Å². The summed E-state index contributed by atoms with van der Waals surface area (Å²) >= 11 is 1.26. The lowest BCUT2D eigenvalue weighted by molar-refractivity contribution is -0.110. The molecule has 4 heteroatoms. The zero-order chi connectivity index (χ0) is 17.8. The van der Waals surface area contributed by atoms with Crippen LogP contribution in [0.5, 0.6) is 11.5 Å². The second-order valence-electron chi connectivity index (χ2n) is 6.10. The number of carbonyl (C=O) groups is 1. The smallest absolute Gasteiger partial charge is 0.198 e. The largest absolute Gasteiger partial charge is 0.489 e. The van der Waals surface area contributed by atoms with Crippen LogP contribution in [0.1, 0.15) is 16.7 Å². The first-order valence-corrected chi connectivity index (χ1v) is 9.30. The highest BCUT2D eigenvalue weighted by Gasteiger charge is 2.25. The summed E-state index contributed by atoms with van der Waals surface area (Å²) < 4.78 is 12.0. The van der Waals surface area contributed by atoms with Crippen LogP contribution in [0.2, 0.25) is 0 Å². The average molecular weight is 362 g/mol. The summed E-state index contributed by atoms with van der Waals surface area (Å²) in [6.07, 6.45) is 0.406. The standard InChI is InChI=1S/C22H18O3S/c23-22-13-19-20(25-15-17-9-5-2-6-10-17)11-18(12-21(19)26-22)24-14-16-7-3-1-4-8-16/h1-12H,13-15H2. The second kappa shape index (κ2) is 7.67. The van der Waals surface area contributed by atoms with E-state index < -0.39 is 0 Å². The minimum atomic E-state index is 0.143. The quantitative estimate of drug-likeness (QED) is 0.617. The highest BCUT2D eigenvalue weighted by atomic mass is 32.2. The van der Waals surface area contributed by atoms with Crippen molar-refractivity contribution < 1.29 is 14.3 Å². The van der Waals surface area contributed by atoms with E-state index in [1.54, 1.807) is 0 Å². The van der Waals surface area contributed by atoms with Gasteiger partial charge in [0, 0.05) is 22.9 Å². The van der Waals surface area contributed by atoms with E-state index in [0.29, 0.717) is 19.6 Å². The van der Waals surface area contributed by atoms with Gasteiger partial charge in [-0.15, -0.1) is 0 Å². The van der Waals surface area contributed by atoms with Crippen LogP contribution in [0.15, 0.2) is 77.7 Å². The molecule has 4 rings (SSSR count). The molecule has 1 aliphatic heterocycles. The average Bonchev–Trinajstić information content (AvgIpc) is 3.06. The normalized spacial score (nSPS) is 12.7. The van der Waals surface area contributed by atoms with Crippen molar-refractivity contribution in [1.29, 1.82) is 0 Å². The van der Waals surface area contributed by atoms with Crippen LogP contribution in [0.25, 0.3) is 0 Å². The Kier molecular flexibility index (Phi) is 4.93. The fraction of sp³-hybridized carbons (Fsp3) is 0.136. The Hall–Kier alpha value is -2.72. The van der Waals surface area contributed by atoms with E-state index in [2.05, 4.69) is 0 Å². The fourth-order valence-electron chi connectivity index (χ4n) is 2.85. The van der Waals surface area contributed by atoms with Gasteiger partial charge in [0.15, 0.2) is 5.12 Å². The Morgan fingerprint density at radius 2 is 1.42 bits per heavy atom. The van der Waals surface area contributed by atoms with Crippen LogP contribution in [0, 0.1) is 0 Å². The molecule has 0 spiro atoms. The SMILES string of the molecule is O=C1Cc2c(OCc3ccccc3)cc(OCc3ccccc3)cc2S1. The van der Waals surface area contributed by atoms with Gasteiger partial charge in [0.05, 0.1) is 0 Å². The number of rotatable bonds is 6. The molecule has 0 N–H and O–H groups in total. The Labute approximate surface area is 157 Å². The van der Waals surface area contributed by atoms with Crippen molar-refractivity contribution in [3.8, 4) is 11.5 Å². The van der Waals surface area contributed by atoms with Crippen LogP contribution in [0.3, 0.4) is 0 Å². The lowest BCUT2D eigenvalue weighted by Crippen LogP contribution is -2.01. The topological polar surface area (TPSA) is 35.5 Å². The van der Waals surface area contributed by atoms with Crippen molar-refractivity contribution in [3.05, 3.63) is 89.5 Å². The van der Waals surface area contributed by atoms with Gasteiger partial charge in [0.25, 0.3) is 0 Å². The summed E-state index contributed by atoms with van der Waals surface area (Å²) in [6, 6.07) is 23.8. The summed E-state index contributed by atoms with van der Waals surface area (Å²) in [5.74, 6) is 1.45. The Bertz CT molecular complexity index is 907. The lowest BCUT2D eigenvalue weighted by atomic mass is 10.1. The first kappa shape index (κ1) is 16.7. The van der Waals surface area contributed by atoms with Crippen LogP contribution in [0.4, 0.5) is 0 Å². The van der Waals surface area contributed by atoms with Crippen LogP contribution >= 0.6 is 11.8 Å². The number of hydrogen-bond donors (Lipinski definition) is 0. The highest BCUT2D eigenvalue weighted by molar-refractivity contribution is 8.14. The molecule has 0 amide bonds. The first-order chi connectivity index (χ1) is 12.8. The van der Waals surface area contributed by atoms with E-state index in [0.717, 1.165) is 33.1 Å². The van der Waals surface area contributed by atoms with Crippen LogP contribution < -0.4 is 9.47 Å². The van der Waals surface area contributed by atoms with Gasteiger partial charge < -0.3 is 9.47 Å². The molecule has 3 aromatic rings. The molecule has 0 fully saturated rings. The maximum atomic E-state index is 11.9. The zero-order valence-electron chi connectivity index (χ0n) is 14.2. The fourth-order valence-corrected chi connectivity index (χ4v) is 3.79. The number of benzene rings is 3. The molecule has 0 aromatic heterocycles. The lowest BCUT2D eigenvalue weighted by Gasteiger charge is -2.13. The summed E-state index contributed by atoms with van der Waals surface area (Å²) in [4.78, 5) is 12.8. The van der Waals surface area contributed by atoms with Crippen molar-refractivity contribution in [1.82, 2.24) is 0 Å². The molecule has 1 aliphatic rings. The molecule has 26 heavy (non-hydrogen) atoms. The minimum absolute atomic E-state index is 0.143. The maximum absolute atomic E-state index is 11.9. The molecular formula is C22H18O3S. The van der Waals surface area contributed by atoms with E-state index >= 15 is 0 Å². The molecule has 0 saturated heterocycles. The molecular weight excluding hydrogens is 344 g/mol. The Balaban J connectivity index is 1.54. The van der Waals surface area contributed by atoms with Gasteiger partial charge in [0.2, 0.25) is 0 Å². The molecule has 0 radical (unpaired) electrons. The van der Waals surface area contributed by atoms with Gasteiger partial charge in [0.1, 0.15) is 24.7 Å². The van der Waals surface area contributed by atoms with Gasteiger partial charge in [-0.2, -0.15) is 0 Å². The van der Waals surface area contributed by atoms with Gasteiger partial charge in [-0.3, -0.25) is 4.79 Å². The van der Waals surface area contributed by atoms with Crippen molar-refractivity contribution in [2.45, 2.75) is 24.5 Å². The predicted octanol–water partition coefficient (Wildman–Crippen LogP) is 5.02. The van der Waals surface area contributed by atoms with Gasteiger partial charge in [-0.1, -0.05) is 72.4 Å². The third-order valence-electron chi connectivity index (χ3n) is 4.17. The Morgan fingerprint density at radius 3 is 2.08 bits per heavy atom. The van der Waals surface area contributed by atoms with E-state index in [1.807, 2.05) is 72.8 Å². The summed E-state index contributed by atoms with van der Waals surface area (Å²) in [6.45, 7) is 0.949. The first-order valence-electron chi connectivity index (χ1n) is 8.49. The zero-order valence-corrected chi connectivity index (χ0v) is 15.0. The molecule has 130 valence electrons. The molecule has 3 nitrogen and oxygen atoms in total. The summed E-state index contributed by atoms with van der Waals surface area (Å²) in [7, 11) is 0. The molecule has 0 aliphatic carbocycles. The summed E-state index contributed by atoms with van der Waals surface area (Å²) in [5.41, 5.74) is 3.15. The van der Waals surface area contributed by atoms with Crippen LogP contribution in [-0.4, -0.2) is 5.12 Å². The molecule has 3 aromatic carbocycles. The third-order valence-corrected chi connectivity index (χ3v) is 5.13. The maximum Gasteiger partial charge on any atom is 0.198 e. The van der Waals surface area contributed by atoms with Crippen molar-refractivity contribution in [2.75, 3.05) is 0 Å².